The highest BCUT2D eigenvalue weighted by molar-refractivity contribution is 5.80. The topological polar surface area (TPSA) is 21.3 Å². The van der Waals surface area contributed by atoms with E-state index in [1.807, 2.05) is 18.2 Å². The maximum absolute atomic E-state index is 12.3. The van der Waals surface area contributed by atoms with Gasteiger partial charge in [0, 0.05) is 11.7 Å². The molecule has 27 heavy (non-hydrogen) atoms. The molecule has 0 aliphatic carbocycles. The number of hydrogen-bond acceptors (Lipinski definition) is 2. The lowest BCUT2D eigenvalue weighted by molar-refractivity contribution is 0.273. The van der Waals surface area contributed by atoms with E-state index in [0.717, 1.165) is 23.2 Å². The first-order valence-electron chi connectivity index (χ1n) is 9.58. The van der Waals surface area contributed by atoms with E-state index in [9.17, 15) is 4.39 Å². The maximum atomic E-state index is 12.3. The largest absolute Gasteiger partial charge is 0.491 e. The minimum absolute atomic E-state index is 0.0873. The Hall–Kier alpha value is -2.55. The first-order valence-corrected chi connectivity index (χ1v) is 9.58. The zero-order valence-corrected chi connectivity index (χ0v) is 16.8. The quantitative estimate of drug-likeness (QED) is 0.500. The van der Waals surface area contributed by atoms with Crippen molar-refractivity contribution in [3.63, 3.8) is 0 Å². The predicted octanol–water partition coefficient (Wildman–Crippen LogP) is 6.67. The molecule has 0 heterocycles. The molecule has 0 fully saturated rings. The average Bonchev–Trinajstić information content (AvgIpc) is 2.65. The van der Waals surface area contributed by atoms with Gasteiger partial charge in [0.25, 0.3) is 0 Å². The second-order valence-corrected chi connectivity index (χ2v) is 6.83. The first kappa shape index (κ1) is 20.8. The van der Waals surface area contributed by atoms with Gasteiger partial charge >= 0.3 is 0 Å². The second-order valence-electron chi connectivity index (χ2n) is 6.83. The Labute approximate surface area is 162 Å². The number of anilines is 1. The van der Waals surface area contributed by atoms with Crippen molar-refractivity contribution in [1.82, 2.24) is 0 Å². The molecule has 2 aromatic rings. The molecule has 3 heteroatoms. The summed E-state index contributed by atoms with van der Waals surface area (Å²) >= 11 is 0. The highest BCUT2D eigenvalue weighted by Gasteiger charge is 2.02. The Morgan fingerprint density at radius 2 is 1.89 bits per heavy atom. The SMILES string of the molecule is CC/C=C(/C=C\c1cc(OCCF)ccc1C)c1ccc(NC(C)C)cc1. The molecule has 1 N–H and O–H groups in total. The second kappa shape index (κ2) is 10.6. The van der Waals surface area contributed by atoms with Crippen molar-refractivity contribution in [3.05, 3.63) is 71.3 Å². The van der Waals surface area contributed by atoms with Crippen molar-refractivity contribution < 1.29 is 9.13 Å². The molecule has 0 radical (unpaired) electrons. The standard InChI is InChI=1S/C24H30FNO/c1-5-6-20(21-10-12-23(13-11-21)26-18(2)3)8-9-22-17-24(27-16-15-25)14-7-19(22)4/h6-14,17-18,26H,5,15-16H2,1-4H3/b9-8-,20-6-. The van der Waals surface area contributed by atoms with Crippen molar-refractivity contribution >= 4 is 17.3 Å². The average molecular weight is 368 g/mol. The van der Waals surface area contributed by atoms with Crippen LogP contribution in [0.15, 0.2) is 54.6 Å². The number of aryl methyl sites for hydroxylation is 1. The van der Waals surface area contributed by atoms with Gasteiger partial charge in [-0.05, 0) is 73.7 Å². The zero-order valence-electron chi connectivity index (χ0n) is 16.8. The number of halogens is 1. The molecule has 2 nitrogen and oxygen atoms in total. The van der Waals surface area contributed by atoms with Crippen molar-refractivity contribution in [3.8, 4) is 5.75 Å². The summed E-state index contributed by atoms with van der Waals surface area (Å²) in [6.07, 6.45) is 7.42. The molecule has 0 spiro atoms. The third-order valence-electron chi connectivity index (χ3n) is 4.14. The van der Waals surface area contributed by atoms with Gasteiger partial charge in [0.05, 0.1) is 0 Å². The molecule has 144 valence electrons. The van der Waals surface area contributed by atoms with Crippen LogP contribution in [0.2, 0.25) is 0 Å². The zero-order chi connectivity index (χ0) is 19.6. The molecule has 0 aromatic heterocycles. The van der Waals surface area contributed by atoms with Gasteiger partial charge in [0.2, 0.25) is 0 Å². The van der Waals surface area contributed by atoms with E-state index >= 15 is 0 Å². The number of alkyl halides is 1. The smallest absolute Gasteiger partial charge is 0.123 e. The van der Waals surface area contributed by atoms with Gasteiger partial charge in [-0.1, -0.05) is 43.4 Å². The van der Waals surface area contributed by atoms with Gasteiger partial charge < -0.3 is 10.1 Å². The summed E-state index contributed by atoms with van der Waals surface area (Å²) in [6, 6.07) is 14.8. The van der Waals surface area contributed by atoms with E-state index in [2.05, 4.69) is 75.5 Å². The number of allylic oxidation sites excluding steroid dienone is 3. The van der Waals surface area contributed by atoms with Gasteiger partial charge in [-0.2, -0.15) is 0 Å². The fraction of sp³-hybridized carbons (Fsp3) is 0.333. The minimum atomic E-state index is -0.482. The molecule has 0 atom stereocenters. The Morgan fingerprint density at radius 1 is 1.15 bits per heavy atom. The molecule has 2 rings (SSSR count). The lowest BCUT2D eigenvalue weighted by Crippen LogP contribution is -2.09. The number of nitrogens with one attached hydrogen (secondary N) is 1. The van der Waals surface area contributed by atoms with Crippen LogP contribution in [-0.2, 0) is 0 Å². The van der Waals surface area contributed by atoms with E-state index < -0.39 is 6.67 Å². The summed E-state index contributed by atoms with van der Waals surface area (Å²) in [4.78, 5) is 0. The van der Waals surface area contributed by atoms with Crippen LogP contribution in [0.1, 0.15) is 43.9 Å². The van der Waals surface area contributed by atoms with Crippen LogP contribution in [0, 0.1) is 6.92 Å². The summed E-state index contributed by atoms with van der Waals surface area (Å²) in [5.74, 6) is 0.697. The predicted molar refractivity (Wildman–Crippen MR) is 115 cm³/mol. The van der Waals surface area contributed by atoms with Gasteiger partial charge in [-0.15, -0.1) is 0 Å². The molecule has 0 bridgehead atoms. The normalized spacial score (nSPS) is 12.0. The van der Waals surface area contributed by atoms with E-state index in [1.54, 1.807) is 0 Å². The maximum Gasteiger partial charge on any atom is 0.123 e. The Morgan fingerprint density at radius 3 is 2.52 bits per heavy atom. The summed E-state index contributed by atoms with van der Waals surface area (Å²) in [6.45, 7) is 8.07. The van der Waals surface area contributed by atoms with Crippen LogP contribution in [-0.4, -0.2) is 19.3 Å². The van der Waals surface area contributed by atoms with Crippen molar-refractivity contribution in [1.29, 1.82) is 0 Å². The van der Waals surface area contributed by atoms with Gasteiger partial charge in [0.1, 0.15) is 19.0 Å². The van der Waals surface area contributed by atoms with Crippen LogP contribution >= 0.6 is 0 Å². The highest BCUT2D eigenvalue weighted by atomic mass is 19.1. The Balaban J connectivity index is 2.22. The van der Waals surface area contributed by atoms with Gasteiger partial charge in [0.15, 0.2) is 0 Å². The van der Waals surface area contributed by atoms with E-state index in [4.69, 9.17) is 4.74 Å². The van der Waals surface area contributed by atoms with E-state index in [1.165, 1.54) is 11.1 Å². The van der Waals surface area contributed by atoms with Crippen LogP contribution in [0.25, 0.3) is 11.6 Å². The van der Waals surface area contributed by atoms with Crippen LogP contribution in [0.5, 0.6) is 5.75 Å². The summed E-state index contributed by atoms with van der Waals surface area (Å²) in [5.41, 5.74) is 5.73. The third kappa shape index (κ3) is 6.59. The number of hydrogen-bond donors (Lipinski definition) is 1. The molecular weight excluding hydrogens is 337 g/mol. The molecule has 0 saturated heterocycles. The van der Waals surface area contributed by atoms with Crippen LogP contribution in [0.3, 0.4) is 0 Å². The molecule has 0 aliphatic heterocycles. The van der Waals surface area contributed by atoms with E-state index in [-0.39, 0.29) is 6.61 Å². The first-order chi connectivity index (χ1) is 13.0. The van der Waals surface area contributed by atoms with Crippen molar-refractivity contribution in [2.45, 2.75) is 40.2 Å². The molecule has 0 saturated carbocycles. The summed E-state index contributed by atoms with van der Waals surface area (Å²) in [5, 5.41) is 3.41. The molecule has 0 aliphatic rings. The van der Waals surface area contributed by atoms with Crippen LogP contribution < -0.4 is 10.1 Å². The minimum Gasteiger partial charge on any atom is -0.491 e. The third-order valence-corrected chi connectivity index (χ3v) is 4.14. The Bertz CT molecular complexity index is 775. The lowest BCUT2D eigenvalue weighted by atomic mass is 10.0. The van der Waals surface area contributed by atoms with Gasteiger partial charge in [-0.3, -0.25) is 0 Å². The molecule has 0 unspecified atom stereocenters. The molecular formula is C24H30FNO. The fourth-order valence-corrected chi connectivity index (χ4v) is 2.82. The van der Waals surface area contributed by atoms with Crippen molar-refractivity contribution in [2.24, 2.45) is 0 Å². The van der Waals surface area contributed by atoms with Crippen LogP contribution in [0.4, 0.5) is 10.1 Å². The highest BCUT2D eigenvalue weighted by Crippen LogP contribution is 2.23. The van der Waals surface area contributed by atoms with E-state index in [0.29, 0.717) is 11.8 Å². The monoisotopic (exact) mass is 367 g/mol. The molecule has 0 amide bonds. The van der Waals surface area contributed by atoms with Crippen molar-refractivity contribution in [2.75, 3.05) is 18.6 Å². The summed E-state index contributed by atoms with van der Waals surface area (Å²) < 4.78 is 17.7. The summed E-state index contributed by atoms with van der Waals surface area (Å²) in [7, 11) is 0. The number of ether oxygens (including phenoxy) is 1. The lowest BCUT2D eigenvalue weighted by Gasteiger charge is -2.11. The number of rotatable bonds is 9. The fourth-order valence-electron chi connectivity index (χ4n) is 2.82. The molecule has 2 aromatic carbocycles. The van der Waals surface area contributed by atoms with Gasteiger partial charge in [-0.25, -0.2) is 4.39 Å². The Kier molecular flexibility index (Phi) is 8.12. The number of benzene rings is 2.